The molecule has 0 amide bonds. The third-order valence-corrected chi connectivity index (χ3v) is 19.1. The molecule has 0 aliphatic carbocycles. The summed E-state index contributed by atoms with van der Waals surface area (Å²) in [6.07, 6.45) is 79.4. The molecular formula is C75H155N5. The van der Waals surface area contributed by atoms with Crippen LogP contribution in [0.4, 0.5) is 0 Å². The van der Waals surface area contributed by atoms with Gasteiger partial charge >= 0.3 is 0 Å². The van der Waals surface area contributed by atoms with E-state index in [1.165, 1.54) is 451 Å². The van der Waals surface area contributed by atoms with Gasteiger partial charge in [0, 0.05) is 65.4 Å². The molecule has 0 aromatic rings. The quantitative estimate of drug-likeness (QED) is 0.0563. The van der Waals surface area contributed by atoms with Gasteiger partial charge in [-0.25, -0.2) is 0 Å². The Morgan fingerprint density at radius 3 is 0.475 bits per heavy atom. The lowest BCUT2D eigenvalue weighted by atomic mass is 10.0. The van der Waals surface area contributed by atoms with Crippen LogP contribution >= 0.6 is 0 Å². The molecule has 0 bridgehead atoms. The molecule has 1 fully saturated rings. The Balaban J connectivity index is 2.74. The van der Waals surface area contributed by atoms with E-state index >= 15 is 0 Å². The molecule has 1 saturated heterocycles. The van der Waals surface area contributed by atoms with Crippen LogP contribution in [0.1, 0.15) is 388 Å². The first-order valence-electron chi connectivity index (χ1n) is 38.3. The minimum Gasteiger partial charge on any atom is -0.302 e. The highest BCUT2D eigenvalue weighted by Gasteiger charge is 2.19. The minimum absolute atomic E-state index is 1.27. The summed E-state index contributed by atoms with van der Waals surface area (Å²) in [6.45, 7) is 31.1. The summed E-state index contributed by atoms with van der Waals surface area (Å²) >= 11 is 0. The van der Waals surface area contributed by atoms with Gasteiger partial charge in [0.25, 0.3) is 0 Å². The van der Waals surface area contributed by atoms with Crippen LogP contribution in [0.5, 0.6) is 0 Å². The van der Waals surface area contributed by atoms with Gasteiger partial charge in [-0.1, -0.05) is 356 Å². The summed E-state index contributed by atoms with van der Waals surface area (Å²) in [6, 6.07) is 0. The topological polar surface area (TPSA) is 16.2 Å². The third-order valence-electron chi connectivity index (χ3n) is 19.1. The van der Waals surface area contributed by atoms with Crippen LogP contribution in [0, 0.1) is 0 Å². The Morgan fingerprint density at radius 2 is 0.300 bits per heavy atom. The highest BCUT2D eigenvalue weighted by molar-refractivity contribution is 4.76. The van der Waals surface area contributed by atoms with Crippen molar-refractivity contribution in [3.8, 4) is 0 Å². The van der Waals surface area contributed by atoms with Crippen molar-refractivity contribution in [3.05, 3.63) is 0 Å². The summed E-state index contributed by atoms with van der Waals surface area (Å²) < 4.78 is 0. The lowest BCUT2D eigenvalue weighted by molar-refractivity contribution is 0.104. The van der Waals surface area contributed by atoms with E-state index in [2.05, 4.69) is 59.1 Å². The molecule has 5 heteroatoms. The molecule has 0 saturated carbocycles. The Labute approximate surface area is 508 Å². The van der Waals surface area contributed by atoms with Gasteiger partial charge in [-0.2, -0.15) is 0 Å². The summed E-state index contributed by atoms with van der Waals surface area (Å²) in [7, 11) is 0. The van der Waals surface area contributed by atoms with Gasteiger partial charge in [-0.15, -0.1) is 0 Å². The maximum Gasteiger partial charge on any atom is 0.0110 e. The zero-order valence-electron chi connectivity index (χ0n) is 56.7. The molecule has 0 radical (unpaired) electrons. The van der Waals surface area contributed by atoms with Crippen molar-refractivity contribution in [1.29, 1.82) is 0 Å². The molecule has 1 aliphatic heterocycles. The Kier molecular flexibility index (Phi) is 64.5. The highest BCUT2D eigenvalue weighted by Crippen LogP contribution is 2.18. The van der Waals surface area contributed by atoms with Gasteiger partial charge in [-0.05, 0) is 64.8 Å². The van der Waals surface area contributed by atoms with Crippen LogP contribution in [0.3, 0.4) is 0 Å². The zero-order chi connectivity index (χ0) is 57.4. The molecule has 480 valence electrons. The van der Waals surface area contributed by atoms with Crippen molar-refractivity contribution in [3.63, 3.8) is 0 Å². The molecule has 1 heterocycles. The number of piperazine rings is 1. The molecule has 1 aliphatic rings. The molecular weight excluding hydrogens is 971 g/mol. The van der Waals surface area contributed by atoms with Gasteiger partial charge in [0.1, 0.15) is 0 Å². The molecule has 0 N–H and O–H groups in total. The fourth-order valence-corrected chi connectivity index (χ4v) is 13.1. The van der Waals surface area contributed by atoms with Crippen molar-refractivity contribution >= 4 is 0 Å². The molecule has 0 spiro atoms. The van der Waals surface area contributed by atoms with Crippen molar-refractivity contribution < 1.29 is 0 Å². The van der Waals surface area contributed by atoms with Crippen molar-refractivity contribution in [2.24, 2.45) is 0 Å². The predicted octanol–water partition coefficient (Wildman–Crippen LogP) is 23.1. The minimum atomic E-state index is 1.27. The number of hydrogen-bond acceptors (Lipinski definition) is 5. The summed E-state index contributed by atoms with van der Waals surface area (Å²) in [5.74, 6) is 0. The summed E-state index contributed by atoms with van der Waals surface area (Å²) in [5.41, 5.74) is 0. The third kappa shape index (κ3) is 56.9. The standard InChI is InChI=1S/C75H155N5/c1-6-11-16-21-26-31-36-37-40-45-49-54-57-62-76(61-56-53-48-43-38-32-27-22-17-12-7-2)66-68-78(65-60-55-50-44-39-33-28-23-18-13-8-3)69-71-80-74-72-79(73-75-80)70-67-77(63-58-51-46-41-34-29-24-19-14-9-4)64-59-52-47-42-35-30-25-20-15-10-5/h6-75H2,1-5H3. The molecule has 1 rings (SSSR count). The number of nitrogens with zero attached hydrogens (tertiary/aromatic N) is 5. The second-order valence-electron chi connectivity index (χ2n) is 26.9. The maximum absolute atomic E-state index is 2.94. The Bertz CT molecular complexity index is 1080. The van der Waals surface area contributed by atoms with E-state index in [4.69, 9.17) is 0 Å². The molecule has 5 nitrogen and oxygen atoms in total. The van der Waals surface area contributed by atoms with E-state index < -0.39 is 0 Å². The Morgan fingerprint density at radius 1 is 0.163 bits per heavy atom. The molecule has 80 heavy (non-hydrogen) atoms. The smallest absolute Gasteiger partial charge is 0.0110 e. The van der Waals surface area contributed by atoms with E-state index in [0.29, 0.717) is 0 Å². The first kappa shape index (κ1) is 77.8. The van der Waals surface area contributed by atoms with Crippen LogP contribution in [-0.2, 0) is 0 Å². The van der Waals surface area contributed by atoms with E-state index in [-0.39, 0.29) is 0 Å². The number of hydrogen-bond donors (Lipinski definition) is 0. The van der Waals surface area contributed by atoms with Gasteiger partial charge in [0.15, 0.2) is 0 Å². The van der Waals surface area contributed by atoms with Gasteiger partial charge < -0.3 is 14.7 Å². The number of unbranched alkanes of at least 4 members (excludes halogenated alkanes) is 50. The largest absolute Gasteiger partial charge is 0.302 e. The molecule has 0 aromatic carbocycles. The van der Waals surface area contributed by atoms with E-state index in [1.807, 2.05) is 0 Å². The summed E-state index contributed by atoms with van der Waals surface area (Å²) in [4.78, 5) is 14.5. The second kappa shape index (κ2) is 66.3. The van der Waals surface area contributed by atoms with Crippen LogP contribution in [0.25, 0.3) is 0 Å². The fourth-order valence-electron chi connectivity index (χ4n) is 13.1. The van der Waals surface area contributed by atoms with Crippen molar-refractivity contribution in [1.82, 2.24) is 24.5 Å². The summed E-state index contributed by atoms with van der Waals surface area (Å²) in [5, 5.41) is 0. The van der Waals surface area contributed by atoms with Crippen molar-refractivity contribution in [2.75, 3.05) is 98.2 Å². The van der Waals surface area contributed by atoms with Crippen LogP contribution in [-0.4, -0.2) is 123 Å². The van der Waals surface area contributed by atoms with Crippen molar-refractivity contribution in [2.45, 2.75) is 388 Å². The first-order chi connectivity index (χ1) is 39.7. The molecule has 0 unspecified atom stereocenters. The van der Waals surface area contributed by atoms with E-state index in [0.717, 1.165) is 0 Å². The average molecular weight is 1130 g/mol. The monoisotopic (exact) mass is 1130 g/mol. The fraction of sp³-hybridized carbons (Fsp3) is 1.00. The van der Waals surface area contributed by atoms with E-state index in [1.54, 1.807) is 0 Å². The lowest BCUT2D eigenvalue weighted by Crippen LogP contribution is -2.50. The van der Waals surface area contributed by atoms with Crippen LogP contribution in [0.2, 0.25) is 0 Å². The van der Waals surface area contributed by atoms with Gasteiger partial charge in [0.05, 0.1) is 0 Å². The van der Waals surface area contributed by atoms with Gasteiger partial charge in [-0.3, -0.25) is 9.80 Å². The van der Waals surface area contributed by atoms with Crippen LogP contribution < -0.4 is 0 Å². The molecule has 0 atom stereocenters. The molecule has 0 aromatic heterocycles. The zero-order valence-corrected chi connectivity index (χ0v) is 56.7. The average Bonchev–Trinajstić information content (AvgIpc) is 3.47. The maximum atomic E-state index is 2.94. The first-order valence-corrected chi connectivity index (χ1v) is 38.3. The normalized spacial score (nSPS) is 13.7. The second-order valence-corrected chi connectivity index (χ2v) is 26.9. The van der Waals surface area contributed by atoms with E-state index in [9.17, 15) is 0 Å². The Hall–Kier alpha value is -0.200. The highest BCUT2D eigenvalue weighted by atomic mass is 15.3. The van der Waals surface area contributed by atoms with Gasteiger partial charge in [0.2, 0.25) is 0 Å². The lowest BCUT2D eigenvalue weighted by Gasteiger charge is -2.37. The van der Waals surface area contributed by atoms with Crippen LogP contribution in [0.15, 0.2) is 0 Å². The predicted molar refractivity (Wildman–Crippen MR) is 365 cm³/mol. The number of rotatable bonds is 69. The SMILES string of the molecule is CCCCCCCCCCCCCCCN(CCCCCCCCCCCCC)CCN(CCCCCCCCCCCCC)CCN1CCN(CCN(CCCCCCCCCCCC)CCCCCCCCCCCC)CC1.